The highest BCUT2D eigenvalue weighted by Crippen LogP contribution is 2.37. The molecule has 5 nitrogen and oxygen atoms in total. The van der Waals surface area contributed by atoms with E-state index in [-0.39, 0.29) is 18.9 Å². The second kappa shape index (κ2) is 5.37. The normalized spacial score (nSPS) is 19.7. The SMILES string of the molecule is O=C(O)CC1CN(CC(O)CO)c2ccccc21. The molecular weight excluding hydrogens is 234 g/mol. The first-order valence-corrected chi connectivity index (χ1v) is 5.96. The van der Waals surface area contributed by atoms with E-state index in [2.05, 4.69) is 0 Å². The first-order valence-electron chi connectivity index (χ1n) is 5.96. The predicted molar refractivity (Wildman–Crippen MR) is 66.7 cm³/mol. The number of carboxylic acids is 1. The second-order valence-corrected chi connectivity index (χ2v) is 4.59. The minimum atomic E-state index is -0.820. The van der Waals surface area contributed by atoms with Gasteiger partial charge >= 0.3 is 5.97 Å². The molecule has 2 unspecified atom stereocenters. The third-order valence-corrected chi connectivity index (χ3v) is 3.22. The van der Waals surface area contributed by atoms with Gasteiger partial charge in [-0.3, -0.25) is 4.79 Å². The van der Waals surface area contributed by atoms with Gasteiger partial charge in [0.15, 0.2) is 0 Å². The van der Waals surface area contributed by atoms with Gasteiger partial charge in [-0.2, -0.15) is 0 Å². The lowest BCUT2D eigenvalue weighted by Gasteiger charge is -2.22. The quantitative estimate of drug-likeness (QED) is 0.706. The zero-order valence-corrected chi connectivity index (χ0v) is 9.99. The van der Waals surface area contributed by atoms with E-state index in [0.717, 1.165) is 11.3 Å². The maximum Gasteiger partial charge on any atom is 0.304 e. The minimum Gasteiger partial charge on any atom is -0.481 e. The van der Waals surface area contributed by atoms with E-state index >= 15 is 0 Å². The van der Waals surface area contributed by atoms with Crippen molar-refractivity contribution in [2.45, 2.75) is 18.4 Å². The Bertz CT molecular complexity index is 435. The van der Waals surface area contributed by atoms with Gasteiger partial charge in [-0.15, -0.1) is 0 Å². The third-order valence-electron chi connectivity index (χ3n) is 3.22. The van der Waals surface area contributed by atoms with Gasteiger partial charge in [-0.1, -0.05) is 18.2 Å². The Morgan fingerprint density at radius 3 is 2.83 bits per heavy atom. The van der Waals surface area contributed by atoms with Crippen molar-refractivity contribution in [2.75, 3.05) is 24.6 Å². The fourth-order valence-electron chi connectivity index (χ4n) is 2.45. The molecule has 18 heavy (non-hydrogen) atoms. The molecule has 0 saturated heterocycles. The van der Waals surface area contributed by atoms with Gasteiger partial charge in [0.2, 0.25) is 0 Å². The van der Waals surface area contributed by atoms with Crippen LogP contribution in [0.2, 0.25) is 0 Å². The van der Waals surface area contributed by atoms with Crippen LogP contribution in [0.25, 0.3) is 0 Å². The summed E-state index contributed by atoms with van der Waals surface area (Å²) in [4.78, 5) is 12.8. The number of aliphatic carboxylic acids is 1. The Labute approximate surface area is 105 Å². The molecule has 1 aromatic rings. The van der Waals surface area contributed by atoms with Gasteiger partial charge in [0, 0.05) is 24.7 Å². The van der Waals surface area contributed by atoms with Crippen LogP contribution in [0.5, 0.6) is 0 Å². The highest BCUT2D eigenvalue weighted by molar-refractivity contribution is 5.71. The summed E-state index contributed by atoms with van der Waals surface area (Å²) in [5.74, 6) is -0.871. The first-order chi connectivity index (χ1) is 8.61. The molecule has 1 heterocycles. The molecule has 2 atom stereocenters. The van der Waals surface area contributed by atoms with Crippen molar-refractivity contribution in [3.05, 3.63) is 29.8 Å². The summed E-state index contributed by atoms with van der Waals surface area (Å²) >= 11 is 0. The standard InChI is InChI=1S/C13H17NO4/c15-8-10(16)7-14-6-9(5-13(17)18)11-3-1-2-4-12(11)14/h1-4,9-10,15-16H,5-8H2,(H,17,18). The summed E-state index contributed by atoms with van der Waals surface area (Å²) in [6, 6.07) is 7.62. The summed E-state index contributed by atoms with van der Waals surface area (Å²) in [7, 11) is 0. The number of β-amino-alcohol motifs (C(OH)–C–C–N with tert-alkyl or cyclic N) is 1. The maximum absolute atomic E-state index is 10.8. The maximum atomic E-state index is 10.8. The highest BCUT2D eigenvalue weighted by atomic mass is 16.4. The molecule has 0 aromatic heterocycles. The van der Waals surface area contributed by atoms with Crippen LogP contribution in [-0.2, 0) is 4.79 Å². The van der Waals surface area contributed by atoms with Crippen LogP contribution in [0.15, 0.2) is 24.3 Å². The van der Waals surface area contributed by atoms with Gasteiger partial charge in [0.25, 0.3) is 0 Å². The Hall–Kier alpha value is -1.59. The fourth-order valence-corrected chi connectivity index (χ4v) is 2.45. The molecule has 5 heteroatoms. The number of anilines is 1. The van der Waals surface area contributed by atoms with Crippen molar-refractivity contribution >= 4 is 11.7 Å². The topological polar surface area (TPSA) is 81.0 Å². The summed E-state index contributed by atoms with van der Waals surface area (Å²) in [5.41, 5.74) is 1.96. The lowest BCUT2D eigenvalue weighted by Crippen LogP contribution is -2.33. The van der Waals surface area contributed by atoms with Crippen LogP contribution < -0.4 is 4.90 Å². The van der Waals surface area contributed by atoms with Crippen molar-refractivity contribution in [1.82, 2.24) is 0 Å². The summed E-state index contributed by atoms with van der Waals surface area (Å²) in [5, 5.41) is 27.3. The van der Waals surface area contributed by atoms with Crippen molar-refractivity contribution in [2.24, 2.45) is 0 Å². The van der Waals surface area contributed by atoms with Crippen LogP contribution >= 0.6 is 0 Å². The van der Waals surface area contributed by atoms with Crippen molar-refractivity contribution < 1.29 is 20.1 Å². The Morgan fingerprint density at radius 2 is 2.17 bits per heavy atom. The Morgan fingerprint density at radius 1 is 1.44 bits per heavy atom. The van der Waals surface area contributed by atoms with E-state index in [4.69, 9.17) is 10.2 Å². The van der Waals surface area contributed by atoms with Gasteiger partial charge in [-0.05, 0) is 11.6 Å². The smallest absolute Gasteiger partial charge is 0.304 e. The zero-order chi connectivity index (χ0) is 13.1. The van der Waals surface area contributed by atoms with Crippen molar-refractivity contribution in [1.29, 1.82) is 0 Å². The summed E-state index contributed by atoms with van der Waals surface area (Å²) in [6.07, 6.45) is -0.718. The van der Waals surface area contributed by atoms with Gasteiger partial charge in [0.05, 0.1) is 19.1 Å². The molecule has 2 rings (SSSR count). The van der Waals surface area contributed by atoms with Crippen LogP contribution in [-0.4, -0.2) is 47.1 Å². The Kier molecular flexibility index (Phi) is 3.84. The number of hydrogen-bond donors (Lipinski definition) is 3. The number of rotatable bonds is 5. The highest BCUT2D eigenvalue weighted by Gasteiger charge is 2.30. The number of carbonyl (C=O) groups is 1. The largest absolute Gasteiger partial charge is 0.481 e. The molecule has 1 aliphatic heterocycles. The number of carboxylic acid groups (broad SMARTS) is 1. The van der Waals surface area contributed by atoms with Crippen molar-refractivity contribution in [3.8, 4) is 0 Å². The molecule has 1 aliphatic rings. The van der Waals surface area contributed by atoms with E-state index in [1.165, 1.54) is 0 Å². The minimum absolute atomic E-state index is 0.0513. The lowest BCUT2D eigenvalue weighted by molar-refractivity contribution is -0.137. The number of fused-ring (bicyclic) bond motifs is 1. The Balaban J connectivity index is 2.19. The number of aliphatic hydroxyl groups excluding tert-OH is 2. The molecular formula is C13H17NO4. The van der Waals surface area contributed by atoms with Crippen LogP contribution in [0.1, 0.15) is 17.9 Å². The van der Waals surface area contributed by atoms with E-state index in [0.29, 0.717) is 13.1 Å². The average molecular weight is 251 g/mol. The van der Waals surface area contributed by atoms with Gasteiger partial charge in [0.1, 0.15) is 0 Å². The second-order valence-electron chi connectivity index (χ2n) is 4.59. The number of hydrogen-bond acceptors (Lipinski definition) is 4. The number of aliphatic hydroxyl groups is 2. The molecule has 98 valence electrons. The number of para-hydroxylation sites is 1. The van der Waals surface area contributed by atoms with Gasteiger partial charge in [-0.25, -0.2) is 0 Å². The molecule has 0 spiro atoms. The first kappa shape index (κ1) is 12.9. The monoisotopic (exact) mass is 251 g/mol. The third kappa shape index (κ3) is 2.63. The molecule has 0 aliphatic carbocycles. The van der Waals surface area contributed by atoms with E-state index in [1.54, 1.807) is 0 Å². The lowest BCUT2D eigenvalue weighted by atomic mass is 9.98. The van der Waals surface area contributed by atoms with Crippen LogP contribution in [0.4, 0.5) is 5.69 Å². The van der Waals surface area contributed by atoms with Gasteiger partial charge < -0.3 is 20.2 Å². The van der Waals surface area contributed by atoms with Crippen LogP contribution in [0.3, 0.4) is 0 Å². The number of nitrogens with zero attached hydrogens (tertiary/aromatic N) is 1. The molecule has 0 fully saturated rings. The molecule has 0 bridgehead atoms. The fraction of sp³-hybridized carbons (Fsp3) is 0.462. The van der Waals surface area contributed by atoms with E-state index in [1.807, 2.05) is 29.2 Å². The van der Waals surface area contributed by atoms with E-state index < -0.39 is 12.1 Å². The van der Waals surface area contributed by atoms with Crippen LogP contribution in [0, 0.1) is 0 Å². The molecule has 0 saturated carbocycles. The predicted octanol–water partition coefficient (Wildman–Crippen LogP) is 0.418. The summed E-state index contributed by atoms with van der Waals surface area (Å²) < 4.78 is 0. The molecule has 0 amide bonds. The summed E-state index contributed by atoms with van der Waals surface area (Å²) in [6.45, 7) is 0.606. The average Bonchev–Trinajstić information content (AvgIpc) is 2.67. The molecule has 3 N–H and O–H groups in total. The van der Waals surface area contributed by atoms with E-state index in [9.17, 15) is 9.90 Å². The zero-order valence-electron chi connectivity index (χ0n) is 9.99. The molecule has 1 aromatic carbocycles. The van der Waals surface area contributed by atoms with Crippen molar-refractivity contribution in [3.63, 3.8) is 0 Å². The molecule has 0 radical (unpaired) electrons. The number of benzene rings is 1.